The Kier molecular flexibility index (Phi) is 26.8. The normalized spacial score (nSPS) is 20.1. The van der Waals surface area contributed by atoms with Crippen LogP contribution < -0.4 is 0 Å². The van der Waals surface area contributed by atoms with Crippen LogP contribution in [-0.2, 0) is 24.9 Å². The van der Waals surface area contributed by atoms with Crippen LogP contribution in [0.3, 0.4) is 0 Å². The van der Waals surface area contributed by atoms with Crippen molar-refractivity contribution in [1.29, 1.82) is 0 Å². The van der Waals surface area contributed by atoms with E-state index in [1.165, 1.54) is 95.5 Å². The quantitative estimate of drug-likeness (QED) is 0.0469. The topological polar surface area (TPSA) is 97.6 Å². The fourth-order valence-electron chi connectivity index (χ4n) is 7.94. The van der Waals surface area contributed by atoms with Gasteiger partial charge in [0.1, 0.15) is 6.10 Å². The smallest absolute Gasteiger partial charge is 0.192 e. The van der Waals surface area contributed by atoms with Crippen molar-refractivity contribution in [2.24, 2.45) is 0 Å². The highest BCUT2D eigenvalue weighted by Crippen LogP contribution is 2.43. The highest BCUT2D eigenvalue weighted by molar-refractivity contribution is 6.74. The van der Waals surface area contributed by atoms with Gasteiger partial charge in [-0.25, -0.2) is 0 Å². The van der Waals surface area contributed by atoms with Crippen LogP contribution in [-0.4, -0.2) is 81.3 Å². The summed E-state index contributed by atoms with van der Waals surface area (Å²) in [5.74, 6) is 0. The summed E-state index contributed by atoms with van der Waals surface area (Å²) in [6.45, 7) is 26.5. The predicted molar refractivity (Wildman–Crippen MR) is 259 cm³/mol. The lowest BCUT2D eigenvalue weighted by atomic mass is 9.96. The molecule has 7 nitrogen and oxygen atoms in total. The Morgan fingerprint density at radius 2 is 1.10 bits per heavy atom. The van der Waals surface area contributed by atoms with Gasteiger partial charge in [0.15, 0.2) is 16.6 Å². The van der Waals surface area contributed by atoms with Crippen LogP contribution >= 0.6 is 0 Å². The van der Waals surface area contributed by atoms with E-state index >= 15 is 0 Å². The monoisotopic (exact) mass is 879 g/mol. The lowest BCUT2D eigenvalue weighted by Gasteiger charge is -2.41. The maximum absolute atomic E-state index is 11.8. The van der Waals surface area contributed by atoms with E-state index in [4.69, 9.17) is 18.3 Å². The van der Waals surface area contributed by atoms with Crippen molar-refractivity contribution >= 4 is 16.6 Å². The Hall–Kier alpha value is -0.626. The summed E-state index contributed by atoms with van der Waals surface area (Å²) in [5.41, 5.74) is 1.17. The van der Waals surface area contributed by atoms with E-state index in [-0.39, 0.29) is 28.4 Å². The van der Waals surface area contributed by atoms with Crippen molar-refractivity contribution in [3.05, 3.63) is 35.9 Å². The summed E-state index contributed by atoms with van der Waals surface area (Å²) in [6.07, 6.45) is 22.2. The number of ether oxygens (including phenoxy) is 2. The van der Waals surface area contributed by atoms with Gasteiger partial charge in [0.25, 0.3) is 0 Å². The van der Waals surface area contributed by atoms with E-state index in [1.54, 1.807) is 0 Å². The molecule has 9 heteroatoms. The first-order valence-electron chi connectivity index (χ1n) is 25.0. The molecule has 0 bridgehead atoms. The minimum atomic E-state index is -2.19. The molecule has 0 radical (unpaired) electrons. The molecular formula is C51H98O7Si2. The van der Waals surface area contributed by atoms with E-state index in [0.29, 0.717) is 38.9 Å². The number of benzene rings is 1. The van der Waals surface area contributed by atoms with Crippen LogP contribution in [0.5, 0.6) is 0 Å². The number of hydrogen-bond acceptors (Lipinski definition) is 7. The summed E-state index contributed by atoms with van der Waals surface area (Å²) in [7, 11) is -4.30. The van der Waals surface area contributed by atoms with E-state index < -0.39 is 41.1 Å². The van der Waals surface area contributed by atoms with Crippen LogP contribution in [0.4, 0.5) is 0 Å². The van der Waals surface area contributed by atoms with Gasteiger partial charge in [-0.05, 0) is 73.9 Å². The third-order valence-corrected chi connectivity index (χ3v) is 23.2. The van der Waals surface area contributed by atoms with E-state index in [1.807, 2.05) is 18.2 Å². The van der Waals surface area contributed by atoms with Gasteiger partial charge in [-0.15, -0.1) is 0 Å². The Morgan fingerprint density at radius 3 is 1.63 bits per heavy atom. The van der Waals surface area contributed by atoms with Crippen LogP contribution in [0.15, 0.2) is 30.3 Å². The van der Waals surface area contributed by atoms with Gasteiger partial charge in [-0.2, -0.15) is 0 Å². The fraction of sp³-hybridized carbons (Fsp3) is 0.882. The summed E-state index contributed by atoms with van der Waals surface area (Å²) < 4.78 is 27.0. The molecule has 1 aliphatic rings. The molecule has 1 saturated heterocycles. The van der Waals surface area contributed by atoms with Crippen LogP contribution in [0.2, 0.25) is 36.3 Å². The number of aliphatic hydroxyl groups is 3. The standard InChI is InChI=1S/C51H98O7Si2/c1-12-13-14-15-16-17-18-19-20-21-22-23-24-25-31-36-46(57-59(8,9)50(2,3)4)47-40-48(58-60(10,11)51(5,6)7)49(56-47)45(54)38-37-44(53)43(52)35-30-27-32-39-55-41-42-33-28-26-29-34-42/h26,28-29,33-34,43-49,52-54H,12-25,27,30-32,35-41H2,1-11H3/t43-,44+,45-,46-,47-,48+,49+/m0/s1. The molecule has 60 heavy (non-hydrogen) atoms. The first-order chi connectivity index (χ1) is 28.3. The summed E-state index contributed by atoms with van der Waals surface area (Å²) in [4.78, 5) is 0. The molecule has 0 aliphatic carbocycles. The third kappa shape index (κ3) is 21.8. The Labute approximate surface area is 373 Å². The van der Waals surface area contributed by atoms with Gasteiger partial charge in [-0.1, -0.05) is 188 Å². The molecule has 0 amide bonds. The molecule has 3 N–H and O–H groups in total. The Balaban J connectivity index is 1.93. The van der Waals surface area contributed by atoms with Gasteiger partial charge in [0.05, 0.1) is 43.2 Å². The molecule has 7 atom stereocenters. The second-order valence-corrected chi connectivity index (χ2v) is 31.1. The minimum absolute atomic E-state index is 0.0137. The Bertz CT molecular complexity index is 1200. The lowest BCUT2D eigenvalue weighted by molar-refractivity contribution is -0.0946. The van der Waals surface area contributed by atoms with Gasteiger partial charge in [0, 0.05) is 13.0 Å². The number of unbranched alkanes of at least 4 members (excludes halogenated alkanes) is 16. The lowest BCUT2D eigenvalue weighted by Crippen LogP contribution is -2.48. The zero-order valence-electron chi connectivity index (χ0n) is 41.1. The molecule has 1 heterocycles. The fourth-order valence-corrected chi connectivity index (χ4v) is 10.7. The van der Waals surface area contributed by atoms with Gasteiger partial charge in [0.2, 0.25) is 0 Å². The highest BCUT2D eigenvalue weighted by atomic mass is 28.4. The maximum Gasteiger partial charge on any atom is 0.192 e. The molecule has 1 aromatic rings. The molecule has 1 fully saturated rings. The molecule has 1 aromatic carbocycles. The summed E-state index contributed by atoms with van der Waals surface area (Å²) in [6, 6.07) is 10.2. The van der Waals surface area contributed by atoms with Crippen LogP contribution in [0, 0.1) is 0 Å². The molecule has 1 aliphatic heterocycles. The van der Waals surface area contributed by atoms with E-state index in [0.717, 1.165) is 32.1 Å². The predicted octanol–water partition coefficient (Wildman–Crippen LogP) is 13.8. The molecule has 0 spiro atoms. The summed E-state index contributed by atoms with van der Waals surface area (Å²) >= 11 is 0. The Morgan fingerprint density at radius 1 is 0.617 bits per heavy atom. The molecule has 352 valence electrons. The summed E-state index contributed by atoms with van der Waals surface area (Å²) in [5, 5.41) is 33.7. The van der Waals surface area contributed by atoms with Crippen molar-refractivity contribution in [2.75, 3.05) is 6.61 Å². The highest BCUT2D eigenvalue weighted by Gasteiger charge is 2.50. The number of rotatable bonds is 34. The van der Waals surface area contributed by atoms with Crippen molar-refractivity contribution in [3.63, 3.8) is 0 Å². The van der Waals surface area contributed by atoms with Crippen LogP contribution in [0.1, 0.15) is 202 Å². The largest absolute Gasteiger partial charge is 0.411 e. The van der Waals surface area contributed by atoms with Crippen molar-refractivity contribution < 1.29 is 33.6 Å². The second kappa shape index (κ2) is 29.0. The van der Waals surface area contributed by atoms with Crippen LogP contribution in [0.25, 0.3) is 0 Å². The molecule has 2 rings (SSSR count). The second-order valence-electron chi connectivity index (χ2n) is 21.6. The van der Waals surface area contributed by atoms with E-state index in [2.05, 4.69) is 86.8 Å². The van der Waals surface area contributed by atoms with Gasteiger partial charge in [-0.3, -0.25) is 0 Å². The minimum Gasteiger partial charge on any atom is -0.411 e. The van der Waals surface area contributed by atoms with Crippen molar-refractivity contribution in [2.45, 2.75) is 282 Å². The average molecular weight is 880 g/mol. The third-order valence-electron chi connectivity index (χ3n) is 14.2. The number of hydrogen-bond donors (Lipinski definition) is 3. The zero-order chi connectivity index (χ0) is 44.7. The maximum atomic E-state index is 11.8. The van der Waals surface area contributed by atoms with Crippen molar-refractivity contribution in [1.82, 2.24) is 0 Å². The average Bonchev–Trinajstić information content (AvgIpc) is 3.59. The van der Waals surface area contributed by atoms with Gasteiger partial charge >= 0.3 is 0 Å². The van der Waals surface area contributed by atoms with E-state index in [9.17, 15) is 15.3 Å². The molecule has 0 aromatic heterocycles. The SMILES string of the molecule is CCCCCCCCCCCCCCCCC[C@H](O[Si](C)(C)C(C)(C)C)[C@@H]1C[C@@H](O[Si](C)(C)C(C)(C)C)[C@@H]([C@@H](O)CC[C@@H](O)[C@@H](O)CCCCCOCc2ccccc2)O1. The molecular weight excluding hydrogens is 781 g/mol. The number of aliphatic hydroxyl groups excluding tert-OH is 3. The van der Waals surface area contributed by atoms with Gasteiger partial charge < -0.3 is 33.6 Å². The molecule has 0 saturated carbocycles. The zero-order valence-corrected chi connectivity index (χ0v) is 43.1. The first-order valence-corrected chi connectivity index (χ1v) is 30.8. The molecule has 0 unspecified atom stereocenters. The first kappa shape index (κ1) is 55.5. The van der Waals surface area contributed by atoms with Crippen molar-refractivity contribution in [3.8, 4) is 0 Å².